The van der Waals surface area contributed by atoms with Crippen LogP contribution >= 0.6 is 0 Å². The molecule has 3 heterocycles. The number of piperazine rings is 1. The molecule has 27 heavy (non-hydrogen) atoms. The number of aromatic nitrogens is 4. The molecule has 3 aromatic rings. The Balaban J connectivity index is 1.34. The molecule has 1 saturated heterocycles. The molecule has 2 aromatic heterocycles. The summed E-state index contributed by atoms with van der Waals surface area (Å²) < 4.78 is 0. The lowest BCUT2D eigenvalue weighted by Crippen LogP contribution is -2.44. The molecule has 0 bridgehead atoms. The lowest BCUT2D eigenvalue weighted by Gasteiger charge is -2.33. The van der Waals surface area contributed by atoms with E-state index >= 15 is 0 Å². The molecule has 1 N–H and O–H groups in total. The number of benzene rings is 1. The topological polar surface area (TPSA) is 78.0 Å². The lowest BCUT2D eigenvalue weighted by atomic mass is 10.2. The fourth-order valence-corrected chi connectivity index (χ4v) is 2.98. The van der Waals surface area contributed by atoms with Crippen LogP contribution in [0.1, 0.15) is 10.5 Å². The average Bonchev–Trinajstić information content (AvgIpc) is 3.24. The van der Waals surface area contributed by atoms with Gasteiger partial charge in [-0.05, 0) is 6.07 Å². The summed E-state index contributed by atoms with van der Waals surface area (Å²) in [4.78, 5) is 32.6. The van der Waals surface area contributed by atoms with Gasteiger partial charge in [0.25, 0.3) is 0 Å². The van der Waals surface area contributed by atoms with Crippen LogP contribution < -0.4 is 4.90 Å². The molecule has 136 valence electrons. The van der Waals surface area contributed by atoms with Crippen LogP contribution in [0.15, 0.2) is 67.3 Å². The highest BCUT2D eigenvalue weighted by Crippen LogP contribution is 2.15. The highest BCUT2D eigenvalue weighted by atomic mass is 16.1. The van der Waals surface area contributed by atoms with Gasteiger partial charge in [0.15, 0.2) is 0 Å². The van der Waals surface area contributed by atoms with Gasteiger partial charge < -0.3 is 14.8 Å². The molecule has 1 aliphatic rings. The van der Waals surface area contributed by atoms with Gasteiger partial charge in [-0.15, -0.1) is 0 Å². The summed E-state index contributed by atoms with van der Waals surface area (Å²) in [5.41, 5.74) is 1.45. The molecular weight excluding hydrogens is 340 g/mol. The number of H-pyrrole nitrogens is 1. The molecule has 0 aliphatic carbocycles. The maximum atomic E-state index is 12.4. The van der Waals surface area contributed by atoms with Crippen LogP contribution in [0, 0.1) is 0 Å². The number of hydrogen-bond acceptors (Lipinski definition) is 6. The quantitative estimate of drug-likeness (QED) is 0.556. The van der Waals surface area contributed by atoms with Crippen LogP contribution in [-0.4, -0.2) is 56.8 Å². The molecule has 0 atom stereocenters. The van der Waals surface area contributed by atoms with Crippen molar-refractivity contribution in [3.05, 3.63) is 73.0 Å². The monoisotopic (exact) mass is 360 g/mol. The Morgan fingerprint density at radius 3 is 2.44 bits per heavy atom. The van der Waals surface area contributed by atoms with Gasteiger partial charge in [0.05, 0.1) is 6.20 Å². The first-order valence-electron chi connectivity index (χ1n) is 8.88. The first kappa shape index (κ1) is 17.0. The fourth-order valence-electron chi connectivity index (χ4n) is 2.98. The third kappa shape index (κ3) is 4.03. The minimum absolute atomic E-state index is 0.0847. The summed E-state index contributed by atoms with van der Waals surface area (Å²) in [5.74, 6) is 1.37. The van der Waals surface area contributed by atoms with E-state index < -0.39 is 0 Å². The number of rotatable bonds is 5. The van der Waals surface area contributed by atoms with Crippen molar-refractivity contribution < 1.29 is 4.79 Å². The van der Waals surface area contributed by atoms with E-state index in [0.717, 1.165) is 37.7 Å². The largest absolute Gasteiger partial charge is 0.374 e. The van der Waals surface area contributed by atoms with Crippen molar-refractivity contribution in [3.63, 3.8) is 0 Å². The number of hydrogen-bond donors (Lipinski definition) is 1. The Morgan fingerprint density at radius 2 is 1.70 bits per heavy atom. The van der Waals surface area contributed by atoms with Crippen molar-refractivity contribution in [3.8, 4) is 11.4 Å². The van der Waals surface area contributed by atoms with E-state index in [1.807, 2.05) is 42.6 Å². The summed E-state index contributed by atoms with van der Waals surface area (Å²) >= 11 is 0. The SMILES string of the molecule is O=C(/C=C/N1CCN(c2ncccn2)CC1)c1cnc(-c2ccccc2)[nH]1. The zero-order valence-electron chi connectivity index (χ0n) is 14.8. The number of aromatic amines is 1. The summed E-state index contributed by atoms with van der Waals surface area (Å²) in [5, 5.41) is 0. The number of carbonyl (C=O) groups excluding carboxylic acids is 1. The van der Waals surface area contributed by atoms with Gasteiger partial charge in [-0.1, -0.05) is 30.3 Å². The van der Waals surface area contributed by atoms with Crippen LogP contribution in [0.25, 0.3) is 11.4 Å². The highest BCUT2D eigenvalue weighted by Gasteiger charge is 2.17. The molecule has 0 spiro atoms. The van der Waals surface area contributed by atoms with Crippen LogP contribution in [0.5, 0.6) is 0 Å². The summed E-state index contributed by atoms with van der Waals surface area (Å²) in [6.45, 7) is 3.29. The number of imidazole rings is 1. The lowest BCUT2D eigenvalue weighted by molar-refractivity contribution is 0.104. The van der Waals surface area contributed by atoms with Gasteiger partial charge in [0, 0.05) is 56.4 Å². The van der Waals surface area contributed by atoms with Gasteiger partial charge in [-0.25, -0.2) is 15.0 Å². The van der Waals surface area contributed by atoms with Crippen molar-refractivity contribution >= 4 is 11.7 Å². The third-order valence-corrected chi connectivity index (χ3v) is 4.47. The van der Waals surface area contributed by atoms with Crippen molar-refractivity contribution in [2.45, 2.75) is 0 Å². The number of nitrogens with one attached hydrogen (secondary N) is 1. The first-order valence-corrected chi connectivity index (χ1v) is 8.88. The van der Waals surface area contributed by atoms with Crippen molar-refractivity contribution in [2.75, 3.05) is 31.1 Å². The predicted molar refractivity (Wildman–Crippen MR) is 103 cm³/mol. The van der Waals surface area contributed by atoms with Gasteiger partial charge >= 0.3 is 0 Å². The Labute approximate surface area is 157 Å². The Kier molecular flexibility index (Phi) is 4.91. The number of nitrogens with zero attached hydrogens (tertiary/aromatic N) is 5. The van der Waals surface area contributed by atoms with Crippen LogP contribution in [0.3, 0.4) is 0 Å². The minimum Gasteiger partial charge on any atom is -0.374 e. The molecule has 4 rings (SSSR count). The van der Waals surface area contributed by atoms with Crippen molar-refractivity contribution in [1.29, 1.82) is 0 Å². The van der Waals surface area contributed by atoms with Gasteiger partial charge in [0.1, 0.15) is 11.5 Å². The van der Waals surface area contributed by atoms with E-state index in [0.29, 0.717) is 11.5 Å². The zero-order chi connectivity index (χ0) is 18.5. The molecule has 1 fully saturated rings. The average molecular weight is 360 g/mol. The zero-order valence-corrected chi connectivity index (χ0v) is 14.8. The summed E-state index contributed by atoms with van der Waals surface area (Å²) in [6.07, 6.45) is 8.54. The van der Waals surface area contributed by atoms with E-state index in [-0.39, 0.29) is 5.78 Å². The van der Waals surface area contributed by atoms with Crippen molar-refractivity contribution in [1.82, 2.24) is 24.8 Å². The van der Waals surface area contributed by atoms with E-state index in [9.17, 15) is 4.79 Å². The summed E-state index contributed by atoms with van der Waals surface area (Å²) in [7, 11) is 0. The van der Waals surface area contributed by atoms with Crippen LogP contribution in [0.2, 0.25) is 0 Å². The predicted octanol–water partition coefficient (Wildman–Crippen LogP) is 2.39. The van der Waals surface area contributed by atoms with Crippen LogP contribution in [0.4, 0.5) is 5.95 Å². The molecule has 1 aromatic carbocycles. The maximum Gasteiger partial charge on any atom is 0.225 e. The number of carbonyl (C=O) groups is 1. The molecule has 0 unspecified atom stereocenters. The minimum atomic E-state index is -0.0847. The summed E-state index contributed by atoms with van der Waals surface area (Å²) in [6, 6.07) is 11.6. The molecule has 0 saturated carbocycles. The normalized spacial score (nSPS) is 14.7. The highest BCUT2D eigenvalue weighted by molar-refractivity contribution is 6.03. The molecular formula is C20H20N6O. The fraction of sp³-hybridized carbons (Fsp3) is 0.200. The Bertz CT molecular complexity index is 914. The molecule has 0 radical (unpaired) electrons. The number of allylic oxidation sites excluding steroid dienone is 1. The smallest absolute Gasteiger partial charge is 0.225 e. The second-order valence-corrected chi connectivity index (χ2v) is 6.26. The van der Waals surface area contributed by atoms with Gasteiger partial charge in [0.2, 0.25) is 11.7 Å². The first-order chi connectivity index (χ1) is 13.3. The van der Waals surface area contributed by atoms with E-state index in [1.54, 1.807) is 24.7 Å². The molecule has 0 amide bonds. The van der Waals surface area contributed by atoms with E-state index in [1.165, 1.54) is 0 Å². The number of anilines is 1. The van der Waals surface area contributed by atoms with Gasteiger partial charge in [-0.2, -0.15) is 0 Å². The third-order valence-electron chi connectivity index (χ3n) is 4.47. The van der Waals surface area contributed by atoms with Crippen molar-refractivity contribution in [2.24, 2.45) is 0 Å². The second-order valence-electron chi connectivity index (χ2n) is 6.26. The molecule has 7 heteroatoms. The standard InChI is InChI=1S/C20H20N6O/c27-18(17-15-23-19(24-17)16-5-2-1-3-6-16)7-10-25-11-13-26(14-12-25)20-21-8-4-9-22-20/h1-10,15H,11-14H2,(H,23,24)/b10-7+. The molecule has 7 nitrogen and oxygen atoms in total. The van der Waals surface area contributed by atoms with E-state index in [2.05, 4.69) is 29.7 Å². The van der Waals surface area contributed by atoms with Crippen LogP contribution in [-0.2, 0) is 0 Å². The molecule has 1 aliphatic heterocycles. The van der Waals surface area contributed by atoms with Gasteiger partial charge in [-0.3, -0.25) is 4.79 Å². The second kappa shape index (κ2) is 7.82. The maximum absolute atomic E-state index is 12.4. The van der Waals surface area contributed by atoms with E-state index in [4.69, 9.17) is 0 Å². The Morgan fingerprint density at radius 1 is 0.963 bits per heavy atom. The number of ketones is 1. The Hall–Kier alpha value is -3.48.